The summed E-state index contributed by atoms with van der Waals surface area (Å²) in [5, 5.41) is 0. The van der Waals surface area contributed by atoms with Gasteiger partial charge in [-0.2, -0.15) is 0 Å². The average molecular weight is 221 g/mol. The maximum atomic E-state index is 5.60. The van der Waals surface area contributed by atoms with E-state index in [1.165, 1.54) is 12.0 Å². The molecule has 0 atom stereocenters. The van der Waals surface area contributed by atoms with E-state index in [9.17, 15) is 0 Å². The van der Waals surface area contributed by atoms with Crippen LogP contribution >= 0.6 is 0 Å². The van der Waals surface area contributed by atoms with Crippen molar-refractivity contribution in [2.45, 2.75) is 32.8 Å². The summed E-state index contributed by atoms with van der Waals surface area (Å²) in [4.78, 5) is 2.22. The van der Waals surface area contributed by atoms with Crippen LogP contribution in [0, 0.1) is 0 Å². The Balaban J connectivity index is 2.39. The first kappa shape index (κ1) is 13.0. The van der Waals surface area contributed by atoms with Crippen LogP contribution in [-0.4, -0.2) is 31.6 Å². The molecule has 16 heavy (non-hydrogen) atoms. The van der Waals surface area contributed by atoms with Crippen molar-refractivity contribution in [1.29, 1.82) is 0 Å². The molecular formula is C14H23NO. The molecule has 2 heteroatoms. The van der Waals surface area contributed by atoms with Crippen molar-refractivity contribution in [3.05, 3.63) is 29.8 Å². The van der Waals surface area contributed by atoms with E-state index in [0.29, 0.717) is 0 Å². The number of hydrogen-bond donors (Lipinski definition) is 0. The lowest BCUT2D eigenvalue weighted by Gasteiger charge is -2.11. The van der Waals surface area contributed by atoms with Crippen molar-refractivity contribution in [1.82, 2.24) is 4.90 Å². The Morgan fingerprint density at radius 2 is 1.75 bits per heavy atom. The maximum absolute atomic E-state index is 5.60. The zero-order valence-electron chi connectivity index (χ0n) is 10.9. The van der Waals surface area contributed by atoms with Gasteiger partial charge in [0.2, 0.25) is 0 Å². The van der Waals surface area contributed by atoms with Gasteiger partial charge in [-0.3, -0.25) is 0 Å². The van der Waals surface area contributed by atoms with Crippen LogP contribution in [0.3, 0.4) is 0 Å². The van der Waals surface area contributed by atoms with Crippen LogP contribution < -0.4 is 4.74 Å². The van der Waals surface area contributed by atoms with Crippen molar-refractivity contribution in [2.75, 3.05) is 20.6 Å². The van der Waals surface area contributed by atoms with Crippen molar-refractivity contribution in [3.8, 4) is 5.75 Å². The van der Waals surface area contributed by atoms with Gasteiger partial charge in [0, 0.05) is 0 Å². The summed E-state index contributed by atoms with van der Waals surface area (Å²) in [5.41, 5.74) is 1.39. The number of hydrogen-bond acceptors (Lipinski definition) is 2. The molecule has 0 N–H and O–H groups in total. The van der Waals surface area contributed by atoms with E-state index in [0.717, 1.165) is 18.7 Å². The maximum Gasteiger partial charge on any atom is 0.119 e. The Morgan fingerprint density at radius 1 is 1.12 bits per heavy atom. The number of rotatable bonds is 6. The van der Waals surface area contributed by atoms with Gasteiger partial charge in [0.05, 0.1) is 6.10 Å². The van der Waals surface area contributed by atoms with Crippen molar-refractivity contribution in [2.24, 2.45) is 0 Å². The lowest BCUT2D eigenvalue weighted by molar-refractivity contribution is 0.242. The van der Waals surface area contributed by atoms with E-state index in [1.807, 2.05) is 13.8 Å². The molecule has 0 bridgehead atoms. The summed E-state index contributed by atoms with van der Waals surface area (Å²) in [5.74, 6) is 0.964. The molecule has 0 radical (unpaired) electrons. The van der Waals surface area contributed by atoms with Gasteiger partial charge in [0.15, 0.2) is 0 Å². The fourth-order valence-corrected chi connectivity index (χ4v) is 1.61. The highest BCUT2D eigenvalue weighted by Crippen LogP contribution is 2.14. The largest absolute Gasteiger partial charge is 0.491 e. The van der Waals surface area contributed by atoms with Crippen LogP contribution in [0.5, 0.6) is 5.75 Å². The molecule has 0 amide bonds. The second-order valence-corrected chi connectivity index (χ2v) is 4.72. The minimum Gasteiger partial charge on any atom is -0.491 e. The molecule has 0 spiro atoms. The molecule has 0 aromatic heterocycles. The molecule has 0 saturated heterocycles. The van der Waals surface area contributed by atoms with Crippen LogP contribution in [0.4, 0.5) is 0 Å². The number of aryl methyl sites for hydroxylation is 1. The molecule has 1 rings (SSSR count). The van der Waals surface area contributed by atoms with Crippen LogP contribution in [0.1, 0.15) is 25.8 Å². The molecule has 0 fully saturated rings. The third-order valence-corrected chi connectivity index (χ3v) is 2.37. The Kier molecular flexibility index (Phi) is 5.33. The van der Waals surface area contributed by atoms with Crippen LogP contribution in [0.15, 0.2) is 24.3 Å². The molecule has 0 heterocycles. The summed E-state index contributed by atoms with van der Waals surface area (Å²) in [6, 6.07) is 8.44. The number of benzene rings is 1. The minimum atomic E-state index is 0.250. The molecular weight excluding hydrogens is 198 g/mol. The van der Waals surface area contributed by atoms with Gasteiger partial charge in [-0.15, -0.1) is 0 Å². The predicted molar refractivity (Wildman–Crippen MR) is 69.1 cm³/mol. The standard InChI is InChI=1S/C14H23NO/c1-12(2)16-14-9-7-13(8-10-14)6-5-11-15(3)4/h7-10,12H,5-6,11H2,1-4H3. The highest BCUT2D eigenvalue weighted by Gasteiger charge is 1.98. The molecule has 0 aliphatic carbocycles. The smallest absolute Gasteiger partial charge is 0.119 e. The summed E-state index contributed by atoms with van der Waals surface area (Å²) >= 11 is 0. The quantitative estimate of drug-likeness (QED) is 0.732. The molecule has 0 saturated carbocycles. The van der Waals surface area contributed by atoms with Crippen molar-refractivity contribution in [3.63, 3.8) is 0 Å². The summed E-state index contributed by atoms with van der Waals surface area (Å²) in [6.45, 7) is 5.24. The third-order valence-electron chi connectivity index (χ3n) is 2.37. The first-order valence-electron chi connectivity index (χ1n) is 5.98. The van der Waals surface area contributed by atoms with Gasteiger partial charge < -0.3 is 9.64 Å². The second-order valence-electron chi connectivity index (χ2n) is 4.72. The van der Waals surface area contributed by atoms with Gasteiger partial charge in [-0.1, -0.05) is 12.1 Å². The van der Waals surface area contributed by atoms with Crippen LogP contribution in [-0.2, 0) is 6.42 Å². The van der Waals surface area contributed by atoms with E-state index >= 15 is 0 Å². The first-order valence-corrected chi connectivity index (χ1v) is 5.98. The summed E-state index contributed by atoms with van der Waals surface area (Å²) < 4.78 is 5.60. The van der Waals surface area contributed by atoms with Gasteiger partial charge in [0.1, 0.15) is 5.75 Å². The Morgan fingerprint density at radius 3 is 2.25 bits per heavy atom. The number of nitrogens with zero attached hydrogens (tertiary/aromatic N) is 1. The van der Waals surface area contributed by atoms with E-state index in [2.05, 4.69) is 43.3 Å². The zero-order chi connectivity index (χ0) is 12.0. The van der Waals surface area contributed by atoms with Gasteiger partial charge in [-0.05, 0) is 65.0 Å². The summed E-state index contributed by atoms with van der Waals surface area (Å²) in [7, 11) is 4.22. The van der Waals surface area contributed by atoms with Gasteiger partial charge in [0.25, 0.3) is 0 Å². The highest BCUT2D eigenvalue weighted by atomic mass is 16.5. The predicted octanol–water partition coefficient (Wildman–Crippen LogP) is 2.97. The molecule has 1 aromatic rings. The molecule has 2 nitrogen and oxygen atoms in total. The monoisotopic (exact) mass is 221 g/mol. The van der Waals surface area contributed by atoms with Crippen molar-refractivity contribution < 1.29 is 4.74 Å². The second kappa shape index (κ2) is 6.54. The summed E-state index contributed by atoms with van der Waals surface area (Å²) in [6.07, 6.45) is 2.59. The van der Waals surface area contributed by atoms with Crippen LogP contribution in [0.2, 0.25) is 0 Å². The molecule has 0 unspecified atom stereocenters. The van der Waals surface area contributed by atoms with Crippen molar-refractivity contribution >= 4 is 0 Å². The first-order chi connectivity index (χ1) is 7.58. The third kappa shape index (κ3) is 5.17. The topological polar surface area (TPSA) is 12.5 Å². The van der Waals surface area contributed by atoms with Gasteiger partial charge >= 0.3 is 0 Å². The van der Waals surface area contributed by atoms with E-state index in [-0.39, 0.29) is 6.10 Å². The molecule has 0 aliphatic heterocycles. The SMILES string of the molecule is CC(C)Oc1ccc(CCCN(C)C)cc1. The van der Waals surface area contributed by atoms with E-state index < -0.39 is 0 Å². The Labute approximate surface area is 99.2 Å². The molecule has 0 aliphatic rings. The normalized spacial score (nSPS) is 11.1. The fraction of sp³-hybridized carbons (Fsp3) is 0.571. The van der Waals surface area contributed by atoms with E-state index in [1.54, 1.807) is 0 Å². The zero-order valence-corrected chi connectivity index (χ0v) is 10.9. The number of ether oxygens (including phenoxy) is 1. The molecule has 90 valence electrons. The average Bonchev–Trinajstić information content (AvgIpc) is 2.19. The minimum absolute atomic E-state index is 0.250. The Bertz CT molecular complexity index is 290. The van der Waals surface area contributed by atoms with Gasteiger partial charge in [-0.25, -0.2) is 0 Å². The Hall–Kier alpha value is -1.02. The molecule has 1 aromatic carbocycles. The lowest BCUT2D eigenvalue weighted by Crippen LogP contribution is -2.13. The van der Waals surface area contributed by atoms with E-state index in [4.69, 9.17) is 4.74 Å². The van der Waals surface area contributed by atoms with Crippen LogP contribution in [0.25, 0.3) is 0 Å². The highest BCUT2D eigenvalue weighted by molar-refractivity contribution is 5.27. The fourth-order valence-electron chi connectivity index (χ4n) is 1.61. The lowest BCUT2D eigenvalue weighted by atomic mass is 10.1.